The molecule has 0 unspecified atom stereocenters. The van der Waals surface area contributed by atoms with Gasteiger partial charge in [-0.25, -0.2) is 0 Å². The highest BCUT2D eigenvalue weighted by atomic mass is 32.2. The Morgan fingerprint density at radius 2 is 2.00 bits per heavy atom. The lowest BCUT2D eigenvalue weighted by Gasteiger charge is -2.06. The van der Waals surface area contributed by atoms with E-state index in [2.05, 4.69) is 10.2 Å². The van der Waals surface area contributed by atoms with Crippen molar-refractivity contribution in [2.45, 2.75) is 11.8 Å². The minimum Gasteiger partial charge on any atom is -0.388 e. The topological polar surface area (TPSA) is 50.9 Å². The lowest BCUT2D eigenvalue weighted by Crippen LogP contribution is -2.01. The maximum Gasteiger partial charge on any atom is 0.195 e. The molecule has 0 bridgehead atoms. The quantitative estimate of drug-likeness (QED) is 0.798. The average molecular weight is 221 g/mol. The average Bonchev–Trinajstić information content (AvgIpc) is 2.72. The Labute approximate surface area is 92.0 Å². The van der Waals surface area contributed by atoms with Crippen LogP contribution >= 0.6 is 11.8 Å². The van der Waals surface area contributed by atoms with E-state index in [1.807, 2.05) is 41.2 Å². The summed E-state index contributed by atoms with van der Waals surface area (Å²) in [5.74, 6) is 0.561. The summed E-state index contributed by atoms with van der Waals surface area (Å²) in [6.45, 7) is -0.109. The van der Waals surface area contributed by atoms with Crippen LogP contribution in [-0.2, 0) is 6.61 Å². The molecule has 0 radical (unpaired) electrons. The van der Waals surface area contributed by atoms with Gasteiger partial charge in [0.1, 0.15) is 6.61 Å². The predicted molar refractivity (Wildman–Crippen MR) is 59.1 cm³/mol. The molecule has 0 aliphatic heterocycles. The fourth-order valence-electron chi connectivity index (χ4n) is 1.37. The number of benzene rings is 1. The SMILES string of the molecule is CSc1nnc(CO)n1-c1ccccc1. The molecule has 2 aromatic rings. The summed E-state index contributed by atoms with van der Waals surface area (Å²) in [4.78, 5) is 0. The first-order valence-corrected chi connectivity index (χ1v) is 5.74. The van der Waals surface area contributed by atoms with Crippen molar-refractivity contribution in [2.24, 2.45) is 0 Å². The zero-order valence-corrected chi connectivity index (χ0v) is 9.11. The van der Waals surface area contributed by atoms with Gasteiger partial charge in [0, 0.05) is 5.69 Å². The summed E-state index contributed by atoms with van der Waals surface area (Å²) in [7, 11) is 0. The number of thioether (sulfide) groups is 1. The number of hydrogen-bond donors (Lipinski definition) is 1. The summed E-state index contributed by atoms with van der Waals surface area (Å²) in [5, 5.41) is 17.9. The van der Waals surface area contributed by atoms with Crippen LogP contribution in [0.1, 0.15) is 5.82 Å². The second-order valence-corrected chi connectivity index (χ2v) is 3.71. The van der Waals surface area contributed by atoms with Crippen LogP contribution < -0.4 is 0 Å². The van der Waals surface area contributed by atoms with Gasteiger partial charge in [0.25, 0.3) is 0 Å². The van der Waals surface area contributed by atoms with Crippen LogP contribution in [0.5, 0.6) is 0 Å². The molecular formula is C10H11N3OS. The van der Waals surface area contributed by atoms with Crippen LogP contribution in [0.25, 0.3) is 5.69 Å². The van der Waals surface area contributed by atoms with Gasteiger partial charge in [-0.2, -0.15) is 0 Å². The minimum absolute atomic E-state index is 0.109. The van der Waals surface area contributed by atoms with Crippen molar-refractivity contribution in [3.8, 4) is 5.69 Å². The van der Waals surface area contributed by atoms with E-state index in [0.29, 0.717) is 5.82 Å². The first-order valence-electron chi connectivity index (χ1n) is 4.51. The number of nitrogens with zero attached hydrogens (tertiary/aromatic N) is 3. The zero-order chi connectivity index (χ0) is 10.7. The van der Waals surface area contributed by atoms with Crippen molar-refractivity contribution in [3.63, 3.8) is 0 Å². The summed E-state index contributed by atoms with van der Waals surface area (Å²) in [6.07, 6.45) is 1.94. The van der Waals surface area contributed by atoms with E-state index >= 15 is 0 Å². The van der Waals surface area contributed by atoms with Crippen molar-refractivity contribution in [3.05, 3.63) is 36.2 Å². The number of aromatic nitrogens is 3. The Morgan fingerprint density at radius 3 is 2.60 bits per heavy atom. The van der Waals surface area contributed by atoms with E-state index in [-0.39, 0.29) is 6.61 Å². The molecule has 0 saturated carbocycles. The third kappa shape index (κ3) is 1.88. The Hall–Kier alpha value is -1.33. The fraction of sp³-hybridized carbons (Fsp3) is 0.200. The molecule has 2 rings (SSSR count). The minimum atomic E-state index is -0.109. The lowest BCUT2D eigenvalue weighted by molar-refractivity contribution is 0.268. The standard InChI is InChI=1S/C10H11N3OS/c1-15-10-12-11-9(7-14)13(10)8-5-3-2-4-6-8/h2-6,14H,7H2,1H3. The fourth-order valence-corrected chi connectivity index (χ4v) is 1.89. The van der Waals surface area contributed by atoms with Crippen molar-refractivity contribution in [1.29, 1.82) is 0 Å². The van der Waals surface area contributed by atoms with Crippen LogP contribution in [0.2, 0.25) is 0 Å². The van der Waals surface area contributed by atoms with Crippen molar-refractivity contribution in [2.75, 3.05) is 6.26 Å². The van der Waals surface area contributed by atoms with Gasteiger partial charge in [-0.3, -0.25) is 4.57 Å². The molecule has 0 amide bonds. The Balaban J connectivity index is 2.55. The van der Waals surface area contributed by atoms with Crippen LogP contribution in [0.3, 0.4) is 0 Å². The van der Waals surface area contributed by atoms with E-state index in [4.69, 9.17) is 5.11 Å². The number of hydrogen-bond acceptors (Lipinski definition) is 4. The van der Waals surface area contributed by atoms with E-state index < -0.39 is 0 Å². The second kappa shape index (κ2) is 4.46. The van der Waals surface area contributed by atoms with Crippen LogP contribution in [0.15, 0.2) is 35.5 Å². The number of rotatable bonds is 3. The molecule has 0 atom stereocenters. The largest absolute Gasteiger partial charge is 0.388 e. The van der Waals surface area contributed by atoms with Crippen molar-refractivity contribution >= 4 is 11.8 Å². The molecule has 0 aliphatic carbocycles. The Morgan fingerprint density at radius 1 is 1.27 bits per heavy atom. The van der Waals surface area contributed by atoms with E-state index in [1.165, 1.54) is 11.8 Å². The first-order chi connectivity index (χ1) is 7.36. The highest BCUT2D eigenvalue weighted by molar-refractivity contribution is 7.98. The predicted octanol–water partition coefficient (Wildman–Crippen LogP) is 1.48. The molecule has 78 valence electrons. The monoisotopic (exact) mass is 221 g/mol. The van der Waals surface area contributed by atoms with Gasteiger partial charge in [-0.1, -0.05) is 30.0 Å². The van der Waals surface area contributed by atoms with Gasteiger partial charge < -0.3 is 5.11 Å². The van der Waals surface area contributed by atoms with Gasteiger partial charge in [0.15, 0.2) is 11.0 Å². The molecular weight excluding hydrogens is 210 g/mol. The third-order valence-corrected chi connectivity index (χ3v) is 2.67. The van der Waals surface area contributed by atoms with E-state index in [9.17, 15) is 0 Å². The molecule has 0 saturated heterocycles. The Bertz CT molecular complexity index is 420. The highest BCUT2D eigenvalue weighted by Crippen LogP contribution is 2.19. The smallest absolute Gasteiger partial charge is 0.195 e. The third-order valence-electron chi connectivity index (χ3n) is 2.04. The summed E-state index contributed by atoms with van der Waals surface area (Å²) < 4.78 is 1.85. The number of aliphatic hydroxyl groups excluding tert-OH is 1. The molecule has 0 aliphatic rings. The van der Waals surface area contributed by atoms with Crippen molar-refractivity contribution in [1.82, 2.24) is 14.8 Å². The van der Waals surface area contributed by atoms with Crippen LogP contribution in [-0.4, -0.2) is 26.1 Å². The molecule has 1 aromatic carbocycles. The van der Waals surface area contributed by atoms with E-state index in [0.717, 1.165) is 10.8 Å². The summed E-state index contributed by atoms with van der Waals surface area (Å²) in [5.41, 5.74) is 0.968. The van der Waals surface area contributed by atoms with Crippen molar-refractivity contribution < 1.29 is 5.11 Å². The Kier molecular flexibility index (Phi) is 3.03. The number of aliphatic hydroxyl groups is 1. The first kappa shape index (κ1) is 10.2. The van der Waals surface area contributed by atoms with Gasteiger partial charge >= 0.3 is 0 Å². The normalized spacial score (nSPS) is 10.5. The molecule has 1 N–H and O–H groups in total. The molecule has 5 heteroatoms. The highest BCUT2D eigenvalue weighted by Gasteiger charge is 2.11. The van der Waals surface area contributed by atoms with Gasteiger partial charge in [-0.05, 0) is 18.4 Å². The second-order valence-electron chi connectivity index (χ2n) is 2.93. The molecule has 0 fully saturated rings. The molecule has 4 nitrogen and oxygen atoms in total. The van der Waals surface area contributed by atoms with Gasteiger partial charge in [0.05, 0.1) is 0 Å². The summed E-state index contributed by atoms with van der Waals surface area (Å²) in [6, 6.07) is 9.76. The maximum absolute atomic E-state index is 9.16. The van der Waals surface area contributed by atoms with E-state index in [1.54, 1.807) is 0 Å². The molecule has 1 heterocycles. The lowest BCUT2D eigenvalue weighted by atomic mass is 10.3. The zero-order valence-electron chi connectivity index (χ0n) is 8.29. The van der Waals surface area contributed by atoms with Gasteiger partial charge in [0.2, 0.25) is 0 Å². The molecule has 1 aromatic heterocycles. The molecule has 15 heavy (non-hydrogen) atoms. The van der Waals surface area contributed by atoms with Gasteiger partial charge in [-0.15, -0.1) is 10.2 Å². The number of para-hydroxylation sites is 1. The summed E-state index contributed by atoms with van der Waals surface area (Å²) >= 11 is 1.50. The molecule has 0 spiro atoms. The maximum atomic E-state index is 9.16. The van der Waals surface area contributed by atoms with Crippen LogP contribution in [0, 0.1) is 0 Å². The van der Waals surface area contributed by atoms with Crippen LogP contribution in [0.4, 0.5) is 0 Å².